The van der Waals surface area contributed by atoms with Gasteiger partial charge in [-0.2, -0.15) is 5.10 Å². The molecule has 1 atom stereocenters. The molecule has 1 aromatic carbocycles. The van der Waals surface area contributed by atoms with Crippen LogP contribution in [0.15, 0.2) is 46.9 Å². The second-order valence-electron chi connectivity index (χ2n) is 4.34. The van der Waals surface area contributed by atoms with Crippen molar-refractivity contribution in [1.82, 2.24) is 5.43 Å². The number of hydrazone groups is 1. The van der Waals surface area contributed by atoms with Gasteiger partial charge in [0.2, 0.25) is 0 Å². The van der Waals surface area contributed by atoms with E-state index >= 15 is 0 Å². The molecule has 0 bridgehead atoms. The number of rotatable bonds is 6. The van der Waals surface area contributed by atoms with Gasteiger partial charge in [0.1, 0.15) is 5.75 Å². The average molecular weight is 318 g/mol. The fourth-order valence-electron chi connectivity index (χ4n) is 1.52. The number of benzene rings is 1. The molecule has 22 heavy (non-hydrogen) atoms. The predicted molar refractivity (Wildman–Crippen MR) is 83.5 cm³/mol. The average Bonchev–Trinajstić information content (AvgIpc) is 3.03. The fourth-order valence-corrected chi connectivity index (χ4v) is 2.13. The molecule has 6 nitrogen and oxygen atoms in total. The smallest absolute Gasteiger partial charge is 0.344 e. The van der Waals surface area contributed by atoms with Crippen molar-refractivity contribution < 1.29 is 19.4 Å². The molecular formula is C15H14N2O4S. The van der Waals surface area contributed by atoms with Crippen LogP contribution in [0.1, 0.15) is 22.2 Å². The van der Waals surface area contributed by atoms with Crippen LogP contribution in [-0.2, 0) is 4.79 Å². The molecule has 0 fully saturated rings. The lowest BCUT2D eigenvalue weighted by Gasteiger charge is -2.09. The van der Waals surface area contributed by atoms with Crippen molar-refractivity contribution >= 4 is 29.4 Å². The molecule has 114 valence electrons. The van der Waals surface area contributed by atoms with Crippen LogP contribution in [0.4, 0.5) is 0 Å². The van der Waals surface area contributed by atoms with Crippen molar-refractivity contribution in [2.75, 3.05) is 0 Å². The molecule has 0 saturated carbocycles. The Labute approximate surface area is 131 Å². The van der Waals surface area contributed by atoms with Crippen molar-refractivity contribution in [1.29, 1.82) is 0 Å². The molecule has 2 aromatic rings. The first-order valence-electron chi connectivity index (χ1n) is 6.42. The maximum absolute atomic E-state index is 11.6. The summed E-state index contributed by atoms with van der Waals surface area (Å²) >= 11 is 1.34. The number of hydrogen-bond donors (Lipinski definition) is 2. The molecule has 2 N–H and O–H groups in total. The van der Waals surface area contributed by atoms with Crippen LogP contribution in [0.3, 0.4) is 0 Å². The molecule has 0 aliphatic heterocycles. The van der Waals surface area contributed by atoms with Crippen molar-refractivity contribution in [2.24, 2.45) is 5.10 Å². The van der Waals surface area contributed by atoms with Gasteiger partial charge in [0.15, 0.2) is 6.10 Å². The number of carbonyl (C=O) groups is 2. The van der Waals surface area contributed by atoms with E-state index in [0.29, 0.717) is 10.6 Å². The minimum Gasteiger partial charge on any atom is -0.479 e. The Morgan fingerprint density at radius 1 is 1.32 bits per heavy atom. The largest absolute Gasteiger partial charge is 0.479 e. The molecule has 2 rings (SSSR count). The van der Waals surface area contributed by atoms with Crippen LogP contribution in [0.5, 0.6) is 5.75 Å². The lowest BCUT2D eigenvalue weighted by atomic mass is 10.2. The van der Waals surface area contributed by atoms with E-state index in [0.717, 1.165) is 5.56 Å². The molecule has 0 saturated heterocycles. The highest BCUT2D eigenvalue weighted by molar-refractivity contribution is 7.12. The summed E-state index contributed by atoms with van der Waals surface area (Å²) in [5.41, 5.74) is 3.18. The van der Waals surface area contributed by atoms with Gasteiger partial charge in [-0.1, -0.05) is 6.07 Å². The van der Waals surface area contributed by atoms with Gasteiger partial charge >= 0.3 is 5.97 Å². The number of nitrogens with zero attached hydrogens (tertiary/aromatic N) is 1. The summed E-state index contributed by atoms with van der Waals surface area (Å²) in [5.74, 6) is -0.835. The quantitative estimate of drug-likeness (QED) is 0.632. The van der Waals surface area contributed by atoms with Crippen molar-refractivity contribution in [3.63, 3.8) is 0 Å². The molecule has 1 amide bonds. The fraction of sp³-hybridized carbons (Fsp3) is 0.133. The molecule has 0 radical (unpaired) electrons. The van der Waals surface area contributed by atoms with Crippen LogP contribution in [0.25, 0.3) is 0 Å². The number of carboxylic acid groups (broad SMARTS) is 1. The Bertz CT molecular complexity index is 665. The summed E-state index contributed by atoms with van der Waals surface area (Å²) in [7, 11) is 0. The summed E-state index contributed by atoms with van der Waals surface area (Å²) in [6.45, 7) is 1.46. The monoisotopic (exact) mass is 318 g/mol. The molecule has 0 unspecified atom stereocenters. The first-order valence-corrected chi connectivity index (χ1v) is 7.30. The Kier molecular flexibility index (Phi) is 5.26. The van der Waals surface area contributed by atoms with Gasteiger partial charge in [-0.15, -0.1) is 11.3 Å². The lowest BCUT2D eigenvalue weighted by molar-refractivity contribution is -0.144. The van der Waals surface area contributed by atoms with Crippen LogP contribution in [0, 0.1) is 0 Å². The Balaban J connectivity index is 1.89. The minimum absolute atomic E-state index is 0.263. The number of ether oxygens (including phenoxy) is 1. The third-order valence-electron chi connectivity index (χ3n) is 2.67. The summed E-state index contributed by atoms with van der Waals surface area (Å²) in [6, 6.07) is 10.2. The number of nitrogens with one attached hydrogen (secondary N) is 1. The predicted octanol–water partition coefficient (Wildman–Crippen LogP) is 2.36. The highest BCUT2D eigenvalue weighted by Crippen LogP contribution is 2.13. The van der Waals surface area contributed by atoms with E-state index in [1.807, 2.05) is 5.38 Å². The molecule has 1 heterocycles. The number of aliphatic carboxylic acids is 1. The zero-order valence-corrected chi connectivity index (χ0v) is 12.5. The van der Waals surface area contributed by atoms with Gasteiger partial charge in [0.05, 0.1) is 11.1 Å². The normalized spacial score (nSPS) is 12.0. The maximum Gasteiger partial charge on any atom is 0.344 e. The molecule has 0 aliphatic carbocycles. The van der Waals surface area contributed by atoms with Crippen LogP contribution in [0.2, 0.25) is 0 Å². The Morgan fingerprint density at radius 2 is 2.05 bits per heavy atom. The Morgan fingerprint density at radius 3 is 2.64 bits per heavy atom. The molecule has 0 aliphatic rings. The van der Waals surface area contributed by atoms with E-state index in [2.05, 4.69) is 10.5 Å². The molecule has 1 aromatic heterocycles. The molecular weight excluding hydrogens is 304 g/mol. The summed E-state index contributed by atoms with van der Waals surface area (Å²) in [6.07, 6.45) is 0.584. The summed E-state index contributed by atoms with van der Waals surface area (Å²) in [4.78, 5) is 22.9. The zero-order chi connectivity index (χ0) is 15.9. The number of carboxylic acids is 1. The van der Waals surface area contributed by atoms with Gasteiger partial charge < -0.3 is 9.84 Å². The van der Waals surface area contributed by atoms with Crippen LogP contribution >= 0.6 is 11.3 Å². The number of amides is 1. The first kappa shape index (κ1) is 15.7. The van der Waals surface area contributed by atoms with E-state index in [1.165, 1.54) is 24.5 Å². The molecule has 7 heteroatoms. The van der Waals surface area contributed by atoms with E-state index in [1.54, 1.807) is 36.4 Å². The van der Waals surface area contributed by atoms with E-state index in [-0.39, 0.29) is 5.91 Å². The first-order chi connectivity index (χ1) is 10.6. The zero-order valence-electron chi connectivity index (χ0n) is 11.7. The Hall–Kier alpha value is -2.67. The van der Waals surface area contributed by atoms with Gasteiger partial charge in [-0.3, -0.25) is 4.79 Å². The molecule has 0 spiro atoms. The van der Waals surface area contributed by atoms with Crippen molar-refractivity contribution in [3.8, 4) is 5.75 Å². The topological polar surface area (TPSA) is 88.0 Å². The highest BCUT2D eigenvalue weighted by atomic mass is 32.1. The SMILES string of the molecule is C[C@H](Oc1ccc(/C=N/NC(=O)c2cccs2)cc1)C(=O)O. The third kappa shape index (κ3) is 4.42. The lowest BCUT2D eigenvalue weighted by Crippen LogP contribution is -2.22. The second-order valence-corrected chi connectivity index (χ2v) is 5.29. The van der Waals surface area contributed by atoms with E-state index < -0.39 is 12.1 Å². The summed E-state index contributed by atoms with van der Waals surface area (Å²) < 4.78 is 5.21. The third-order valence-corrected chi connectivity index (χ3v) is 3.53. The maximum atomic E-state index is 11.6. The van der Waals surface area contributed by atoms with Gasteiger partial charge in [-0.25, -0.2) is 10.2 Å². The van der Waals surface area contributed by atoms with Crippen molar-refractivity contribution in [2.45, 2.75) is 13.0 Å². The number of carbonyl (C=O) groups excluding carboxylic acids is 1. The van der Waals surface area contributed by atoms with Gasteiger partial charge in [-0.05, 0) is 48.2 Å². The number of thiophene rings is 1. The van der Waals surface area contributed by atoms with Crippen LogP contribution < -0.4 is 10.2 Å². The minimum atomic E-state index is -1.03. The standard InChI is InChI=1S/C15H14N2O4S/c1-10(15(19)20)21-12-6-4-11(5-7-12)9-16-17-14(18)13-3-2-8-22-13/h2-10H,1H3,(H,17,18)(H,19,20)/b16-9+/t10-/m0/s1. The van der Waals surface area contributed by atoms with Gasteiger partial charge in [0, 0.05) is 0 Å². The van der Waals surface area contributed by atoms with Gasteiger partial charge in [0.25, 0.3) is 5.91 Å². The van der Waals surface area contributed by atoms with Crippen LogP contribution in [-0.4, -0.2) is 29.3 Å². The van der Waals surface area contributed by atoms with E-state index in [9.17, 15) is 9.59 Å². The van der Waals surface area contributed by atoms with Crippen molar-refractivity contribution in [3.05, 3.63) is 52.2 Å². The second kappa shape index (κ2) is 7.37. The summed E-state index contributed by atoms with van der Waals surface area (Å²) in [5, 5.41) is 14.4. The number of hydrogen-bond acceptors (Lipinski definition) is 5. The van der Waals surface area contributed by atoms with E-state index in [4.69, 9.17) is 9.84 Å². The highest BCUT2D eigenvalue weighted by Gasteiger charge is 2.11.